The fourth-order valence-corrected chi connectivity index (χ4v) is 6.42. The average molecular weight is 489 g/mol. The van der Waals surface area contributed by atoms with Gasteiger partial charge in [-0.05, 0) is 83.0 Å². The van der Waals surface area contributed by atoms with Gasteiger partial charge in [0.25, 0.3) is 0 Å². The molecule has 3 aliphatic rings. The second kappa shape index (κ2) is 10.3. The molecule has 3 fully saturated rings. The molecule has 0 aliphatic heterocycles. The molecule has 0 spiro atoms. The van der Waals surface area contributed by atoms with Gasteiger partial charge in [-0.25, -0.2) is 0 Å². The summed E-state index contributed by atoms with van der Waals surface area (Å²) in [4.78, 5) is 12.3. The lowest BCUT2D eigenvalue weighted by Crippen LogP contribution is -2.43. The van der Waals surface area contributed by atoms with Gasteiger partial charge in [-0.2, -0.15) is 13.2 Å². The maximum absolute atomic E-state index is 12.8. The number of aliphatic hydroxyl groups is 3. The minimum Gasteiger partial charge on any atom is -0.462 e. The van der Waals surface area contributed by atoms with Crippen molar-refractivity contribution in [1.82, 2.24) is 0 Å². The van der Waals surface area contributed by atoms with E-state index in [4.69, 9.17) is 4.74 Å². The third-order valence-electron chi connectivity index (χ3n) is 8.42. The molecule has 0 aromatic heterocycles. The van der Waals surface area contributed by atoms with E-state index in [0.717, 1.165) is 37.7 Å². The Kier molecular flexibility index (Phi) is 8.25. The Balaban J connectivity index is 1.63. The first-order chi connectivity index (χ1) is 15.7. The third-order valence-corrected chi connectivity index (χ3v) is 8.42. The molecule has 34 heavy (non-hydrogen) atoms. The number of halogens is 3. The van der Waals surface area contributed by atoms with E-state index in [2.05, 4.69) is 19.1 Å². The van der Waals surface area contributed by atoms with Crippen LogP contribution in [0.2, 0.25) is 0 Å². The van der Waals surface area contributed by atoms with Crippen molar-refractivity contribution in [2.24, 2.45) is 17.3 Å². The molecule has 0 aromatic carbocycles. The number of alkyl halides is 3. The summed E-state index contributed by atoms with van der Waals surface area (Å²) in [5.41, 5.74) is -0.580. The van der Waals surface area contributed by atoms with Crippen LogP contribution in [-0.4, -0.2) is 51.4 Å². The normalized spacial score (nSPS) is 36.0. The van der Waals surface area contributed by atoms with Crippen LogP contribution in [0.4, 0.5) is 13.2 Å². The van der Waals surface area contributed by atoms with Gasteiger partial charge in [0.1, 0.15) is 6.10 Å². The Hall–Kier alpha value is -1.38. The topological polar surface area (TPSA) is 87.0 Å². The number of aliphatic hydroxyl groups excluding tert-OH is 2. The first kappa shape index (κ1) is 27.2. The highest BCUT2D eigenvalue weighted by molar-refractivity contribution is 5.69. The summed E-state index contributed by atoms with van der Waals surface area (Å²) in [5.74, 6) is -0.261. The minimum atomic E-state index is -4.79. The maximum atomic E-state index is 12.8. The van der Waals surface area contributed by atoms with Gasteiger partial charge in [0.05, 0.1) is 12.2 Å². The molecule has 0 saturated heterocycles. The lowest BCUT2D eigenvalue weighted by molar-refractivity contribution is -0.255. The number of rotatable bonds is 6. The van der Waals surface area contributed by atoms with Crippen LogP contribution in [0, 0.1) is 17.3 Å². The van der Waals surface area contributed by atoms with Crippen molar-refractivity contribution in [2.45, 2.75) is 115 Å². The highest BCUT2D eigenvalue weighted by Crippen LogP contribution is 2.58. The van der Waals surface area contributed by atoms with Crippen LogP contribution in [0.1, 0.15) is 85.0 Å². The number of esters is 1. The van der Waals surface area contributed by atoms with E-state index in [1.807, 2.05) is 6.92 Å². The van der Waals surface area contributed by atoms with E-state index in [1.54, 1.807) is 0 Å². The molecule has 0 heterocycles. The summed E-state index contributed by atoms with van der Waals surface area (Å²) in [6.07, 6.45) is 3.20. The van der Waals surface area contributed by atoms with Crippen LogP contribution >= 0.6 is 0 Å². The van der Waals surface area contributed by atoms with Gasteiger partial charge in [-0.15, -0.1) is 0 Å². The molecule has 5 nitrogen and oxygen atoms in total. The van der Waals surface area contributed by atoms with E-state index in [9.17, 15) is 33.3 Å². The van der Waals surface area contributed by atoms with Crippen molar-refractivity contribution in [3.8, 4) is 0 Å². The summed E-state index contributed by atoms with van der Waals surface area (Å²) < 4.78 is 44.1. The van der Waals surface area contributed by atoms with E-state index < -0.39 is 48.9 Å². The Labute approximate surface area is 200 Å². The molecule has 3 N–H and O–H groups in total. The predicted molar refractivity (Wildman–Crippen MR) is 122 cm³/mol. The minimum absolute atomic E-state index is 0.0641. The van der Waals surface area contributed by atoms with Crippen LogP contribution in [0.25, 0.3) is 0 Å². The summed E-state index contributed by atoms with van der Waals surface area (Å²) in [6.45, 7) is 4.72. The molecule has 8 heteroatoms. The fraction of sp³-hybridized carbons (Fsp3) is 0.808. The second-order valence-corrected chi connectivity index (χ2v) is 11.1. The Morgan fingerprint density at radius 2 is 1.85 bits per heavy atom. The number of carbonyl (C=O) groups is 1. The first-order valence-corrected chi connectivity index (χ1v) is 12.5. The second-order valence-electron chi connectivity index (χ2n) is 11.1. The highest BCUT2D eigenvalue weighted by atomic mass is 19.4. The van der Waals surface area contributed by atoms with Crippen LogP contribution in [0.15, 0.2) is 23.3 Å². The average Bonchev–Trinajstić information content (AvgIpc) is 3.07. The Morgan fingerprint density at radius 3 is 2.47 bits per heavy atom. The first-order valence-electron chi connectivity index (χ1n) is 12.5. The van der Waals surface area contributed by atoms with Crippen LogP contribution in [0.5, 0.6) is 0 Å². The summed E-state index contributed by atoms with van der Waals surface area (Å²) in [5, 5.41) is 29.4. The monoisotopic (exact) mass is 488 g/mol. The van der Waals surface area contributed by atoms with Crippen LogP contribution < -0.4 is 0 Å². The number of hydrogen-bond donors (Lipinski definition) is 3. The molecular formula is C26H39F3O5. The molecule has 194 valence electrons. The van der Waals surface area contributed by atoms with Crippen molar-refractivity contribution in [1.29, 1.82) is 0 Å². The quantitative estimate of drug-likeness (QED) is 0.459. The number of carbonyl (C=O) groups excluding carboxylic acids is 1. The Bertz CT molecular complexity index is 791. The van der Waals surface area contributed by atoms with Gasteiger partial charge in [-0.3, -0.25) is 4.79 Å². The zero-order valence-corrected chi connectivity index (χ0v) is 20.4. The molecule has 0 unspecified atom stereocenters. The van der Waals surface area contributed by atoms with E-state index >= 15 is 0 Å². The van der Waals surface area contributed by atoms with Crippen molar-refractivity contribution in [3.05, 3.63) is 23.3 Å². The highest BCUT2D eigenvalue weighted by Gasteiger charge is 2.52. The van der Waals surface area contributed by atoms with Crippen LogP contribution in [0.3, 0.4) is 0 Å². The number of allylic oxidation sites excluding steroid dienone is 3. The molecule has 3 rings (SSSR count). The zero-order chi connectivity index (χ0) is 25.3. The number of ether oxygens (including phenoxy) is 1. The van der Waals surface area contributed by atoms with Gasteiger partial charge in [0.2, 0.25) is 0 Å². The number of fused-ring (bicyclic) bond motifs is 1. The predicted octanol–water partition coefficient (Wildman–Crippen LogP) is 4.99. The van der Waals surface area contributed by atoms with Crippen molar-refractivity contribution < 1.29 is 38.0 Å². The Morgan fingerprint density at radius 1 is 1.21 bits per heavy atom. The largest absolute Gasteiger partial charge is 0.462 e. The van der Waals surface area contributed by atoms with Crippen molar-refractivity contribution in [2.75, 3.05) is 0 Å². The molecule has 0 bridgehead atoms. The molecule has 3 aliphatic carbocycles. The van der Waals surface area contributed by atoms with Gasteiger partial charge >= 0.3 is 12.1 Å². The SMILES string of the molecule is C[C@H](OC(=O)CC[C@](C)(O)C(F)(F)F)[C@H]1CC[C@H]2/C(=C/C=C3C[C@@H](O)C[C@H](O)C3)CCC[C@]12C. The smallest absolute Gasteiger partial charge is 0.416 e. The molecule has 3 saturated carbocycles. The molecule has 0 aromatic rings. The number of hydrogen-bond acceptors (Lipinski definition) is 5. The van der Waals surface area contributed by atoms with Gasteiger partial charge in [-0.1, -0.05) is 30.2 Å². The van der Waals surface area contributed by atoms with Crippen LogP contribution in [-0.2, 0) is 9.53 Å². The maximum Gasteiger partial charge on any atom is 0.416 e. The van der Waals surface area contributed by atoms with E-state index in [-0.39, 0.29) is 11.3 Å². The third kappa shape index (κ3) is 6.05. The van der Waals surface area contributed by atoms with E-state index in [0.29, 0.717) is 32.1 Å². The summed E-state index contributed by atoms with van der Waals surface area (Å²) >= 11 is 0. The molecular weight excluding hydrogens is 449 g/mol. The van der Waals surface area contributed by atoms with Crippen molar-refractivity contribution in [3.63, 3.8) is 0 Å². The lowest BCUT2D eigenvalue weighted by atomic mass is 9.62. The zero-order valence-electron chi connectivity index (χ0n) is 20.4. The molecule has 7 atom stereocenters. The summed E-state index contributed by atoms with van der Waals surface area (Å²) in [7, 11) is 0. The molecule has 0 radical (unpaired) electrons. The standard InChI is InChI=1S/C26H39F3O5/c1-16(34-23(32)10-12-25(3,33)26(27,28)29)21-8-9-22-18(5-4-11-24(21,22)2)7-6-17-13-19(30)15-20(31)14-17/h6-7,16,19-22,30-31,33H,4-5,8-15H2,1-3H3/b18-7+/t16-,19+,20+,21+,22-,24+,25-/m0/s1. The van der Waals surface area contributed by atoms with Crippen molar-refractivity contribution >= 4 is 5.97 Å². The summed E-state index contributed by atoms with van der Waals surface area (Å²) in [6, 6.07) is 0. The van der Waals surface area contributed by atoms with E-state index in [1.165, 1.54) is 5.57 Å². The van der Waals surface area contributed by atoms with Gasteiger partial charge in [0, 0.05) is 12.3 Å². The van der Waals surface area contributed by atoms with Gasteiger partial charge < -0.3 is 20.1 Å². The molecule has 0 amide bonds. The fourth-order valence-electron chi connectivity index (χ4n) is 6.42. The lowest BCUT2D eigenvalue weighted by Gasteiger charge is -2.44. The van der Waals surface area contributed by atoms with Gasteiger partial charge in [0.15, 0.2) is 5.60 Å².